The van der Waals surface area contributed by atoms with Gasteiger partial charge in [0.2, 0.25) is 0 Å². The van der Waals surface area contributed by atoms with Crippen LogP contribution in [-0.4, -0.2) is 24.0 Å². The van der Waals surface area contributed by atoms with E-state index in [-0.39, 0.29) is 0 Å². The summed E-state index contributed by atoms with van der Waals surface area (Å²) in [7, 11) is 0. The Labute approximate surface area is 93.8 Å². The summed E-state index contributed by atoms with van der Waals surface area (Å²) in [5.41, 5.74) is 0. The molecule has 0 bridgehead atoms. The van der Waals surface area contributed by atoms with Gasteiger partial charge in [-0.2, -0.15) is 0 Å². The van der Waals surface area contributed by atoms with E-state index in [9.17, 15) is 0 Å². The van der Waals surface area contributed by atoms with Gasteiger partial charge in [0.05, 0.1) is 5.02 Å². The molecule has 1 aromatic rings. The fourth-order valence-corrected chi connectivity index (χ4v) is 2.25. The maximum atomic E-state index is 6.06. The SMILES string of the molecule is ClCC1CCN(c2ncccc2Cl)C1. The maximum Gasteiger partial charge on any atom is 0.147 e. The molecule has 2 heterocycles. The second-order valence-electron chi connectivity index (χ2n) is 3.56. The van der Waals surface area contributed by atoms with Crippen molar-refractivity contribution in [3.63, 3.8) is 0 Å². The van der Waals surface area contributed by atoms with E-state index >= 15 is 0 Å². The zero-order chi connectivity index (χ0) is 9.97. The summed E-state index contributed by atoms with van der Waals surface area (Å²) in [6, 6.07) is 3.72. The van der Waals surface area contributed by atoms with Gasteiger partial charge in [-0.15, -0.1) is 11.6 Å². The molecule has 0 amide bonds. The van der Waals surface area contributed by atoms with Crippen molar-refractivity contribution in [2.75, 3.05) is 23.9 Å². The van der Waals surface area contributed by atoms with Gasteiger partial charge in [0, 0.05) is 25.2 Å². The standard InChI is InChI=1S/C10H12Cl2N2/c11-6-8-3-5-14(7-8)10-9(12)2-1-4-13-10/h1-2,4,8H,3,5-7H2. The largest absolute Gasteiger partial charge is 0.355 e. The average Bonchev–Trinajstić information content (AvgIpc) is 2.67. The van der Waals surface area contributed by atoms with Crippen LogP contribution in [0.5, 0.6) is 0 Å². The van der Waals surface area contributed by atoms with E-state index in [1.165, 1.54) is 0 Å². The summed E-state index contributed by atoms with van der Waals surface area (Å²) in [6.45, 7) is 1.98. The van der Waals surface area contributed by atoms with Crippen LogP contribution >= 0.6 is 23.2 Å². The van der Waals surface area contributed by atoms with E-state index in [1.807, 2.05) is 12.1 Å². The minimum atomic E-state index is 0.578. The summed E-state index contributed by atoms with van der Waals surface area (Å²) < 4.78 is 0. The van der Waals surface area contributed by atoms with Gasteiger partial charge < -0.3 is 4.90 Å². The van der Waals surface area contributed by atoms with Crippen LogP contribution in [0, 0.1) is 5.92 Å². The number of anilines is 1. The molecule has 2 rings (SSSR count). The van der Waals surface area contributed by atoms with Crippen molar-refractivity contribution in [1.82, 2.24) is 4.98 Å². The first kappa shape index (κ1) is 10.1. The van der Waals surface area contributed by atoms with Crippen LogP contribution in [0.1, 0.15) is 6.42 Å². The molecule has 0 aromatic carbocycles. The quantitative estimate of drug-likeness (QED) is 0.727. The third-order valence-electron chi connectivity index (χ3n) is 2.54. The minimum absolute atomic E-state index is 0.578. The van der Waals surface area contributed by atoms with E-state index < -0.39 is 0 Å². The molecule has 4 heteroatoms. The fraction of sp³-hybridized carbons (Fsp3) is 0.500. The normalized spacial score (nSPS) is 21.6. The van der Waals surface area contributed by atoms with Crippen molar-refractivity contribution in [2.45, 2.75) is 6.42 Å². The lowest BCUT2D eigenvalue weighted by molar-refractivity contribution is 0.666. The van der Waals surface area contributed by atoms with Crippen molar-refractivity contribution in [3.05, 3.63) is 23.4 Å². The first-order valence-corrected chi connectivity index (χ1v) is 5.64. The molecule has 1 saturated heterocycles. The van der Waals surface area contributed by atoms with Crippen LogP contribution in [0.15, 0.2) is 18.3 Å². The lowest BCUT2D eigenvalue weighted by Crippen LogP contribution is -2.21. The van der Waals surface area contributed by atoms with E-state index in [4.69, 9.17) is 23.2 Å². The average molecular weight is 231 g/mol. The molecule has 0 aliphatic carbocycles. The Morgan fingerprint density at radius 3 is 3.07 bits per heavy atom. The predicted octanol–water partition coefficient (Wildman–Crippen LogP) is 2.80. The van der Waals surface area contributed by atoms with Gasteiger partial charge in [-0.25, -0.2) is 4.98 Å². The molecular weight excluding hydrogens is 219 g/mol. The van der Waals surface area contributed by atoms with Crippen LogP contribution in [0.4, 0.5) is 5.82 Å². The van der Waals surface area contributed by atoms with Gasteiger partial charge in [0.25, 0.3) is 0 Å². The van der Waals surface area contributed by atoms with Gasteiger partial charge >= 0.3 is 0 Å². The predicted molar refractivity (Wildman–Crippen MR) is 60.3 cm³/mol. The second-order valence-corrected chi connectivity index (χ2v) is 4.28. The van der Waals surface area contributed by atoms with E-state index in [0.29, 0.717) is 5.92 Å². The Balaban J connectivity index is 2.13. The molecular formula is C10H12Cl2N2. The zero-order valence-electron chi connectivity index (χ0n) is 7.79. The Bertz CT molecular complexity index is 317. The monoisotopic (exact) mass is 230 g/mol. The number of halogens is 2. The number of alkyl halides is 1. The fourth-order valence-electron chi connectivity index (χ4n) is 1.76. The summed E-state index contributed by atoms with van der Waals surface area (Å²) in [4.78, 5) is 6.48. The number of nitrogens with zero attached hydrogens (tertiary/aromatic N) is 2. The van der Waals surface area contributed by atoms with Crippen LogP contribution in [0.3, 0.4) is 0 Å². The van der Waals surface area contributed by atoms with E-state index in [1.54, 1.807) is 6.20 Å². The van der Waals surface area contributed by atoms with Crippen LogP contribution < -0.4 is 4.90 Å². The van der Waals surface area contributed by atoms with Crippen molar-refractivity contribution in [3.8, 4) is 0 Å². The highest BCUT2D eigenvalue weighted by Gasteiger charge is 2.23. The van der Waals surface area contributed by atoms with Crippen LogP contribution in [-0.2, 0) is 0 Å². The number of hydrogen-bond acceptors (Lipinski definition) is 2. The molecule has 76 valence electrons. The third-order valence-corrected chi connectivity index (χ3v) is 3.27. The summed E-state index contributed by atoms with van der Waals surface area (Å²) in [6.07, 6.45) is 2.91. The molecule has 0 spiro atoms. The Kier molecular flexibility index (Phi) is 3.14. The Morgan fingerprint density at radius 2 is 2.43 bits per heavy atom. The number of pyridine rings is 1. The topological polar surface area (TPSA) is 16.1 Å². The number of hydrogen-bond donors (Lipinski definition) is 0. The minimum Gasteiger partial charge on any atom is -0.355 e. The summed E-state index contributed by atoms with van der Waals surface area (Å²) >= 11 is 11.9. The van der Waals surface area contributed by atoms with Crippen molar-refractivity contribution < 1.29 is 0 Å². The van der Waals surface area contributed by atoms with Crippen molar-refractivity contribution >= 4 is 29.0 Å². The zero-order valence-corrected chi connectivity index (χ0v) is 9.30. The highest BCUT2D eigenvalue weighted by Crippen LogP contribution is 2.28. The molecule has 0 radical (unpaired) electrons. The molecule has 1 aliphatic heterocycles. The Hall–Kier alpha value is -0.470. The van der Waals surface area contributed by atoms with Gasteiger partial charge in [0.15, 0.2) is 0 Å². The Morgan fingerprint density at radius 1 is 1.57 bits per heavy atom. The highest BCUT2D eigenvalue weighted by molar-refractivity contribution is 6.32. The van der Waals surface area contributed by atoms with Crippen molar-refractivity contribution in [2.24, 2.45) is 5.92 Å². The first-order valence-electron chi connectivity index (χ1n) is 4.72. The number of aromatic nitrogens is 1. The summed E-state index contributed by atoms with van der Waals surface area (Å²) in [5, 5.41) is 0.725. The van der Waals surface area contributed by atoms with E-state index in [0.717, 1.165) is 36.2 Å². The molecule has 2 nitrogen and oxygen atoms in total. The smallest absolute Gasteiger partial charge is 0.147 e. The van der Waals surface area contributed by atoms with Gasteiger partial charge in [-0.3, -0.25) is 0 Å². The van der Waals surface area contributed by atoms with Gasteiger partial charge in [0.1, 0.15) is 5.82 Å². The molecule has 0 saturated carbocycles. The second kappa shape index (κ2) is 4.37. The molecule has 1 aromatic heterocycles. The van der Waals surface area contributed by atoms with Crippen molar-refractivity contribution in [1.29, 1.82) is 0 Å². The molecule has 1 unspecified atom stereocenters. The van der Waals surface area contributed by atoms with Gasteiger partial charge in [-0.1, -0.05) is 11.6 Å². The maximum absolute atomic E-state index is 6.06. The lowest BCUT2D eigenvalue weighted by Gasteiger charge is -2.17. The van der Waals surface area contributed by atoms with Crippen LogP contribution in [0.2, 0.25) is 5.02 Å². The number of rotatable bonds is 2. The van der Waals surface area contributed by atoms with Crippen LogP contribution in [0.25, 0.3) is 0 Å². The van der Waals surface area contributed by atoms with Gasteiger partial charge in [-0.05, 0) is 24.5 Å². The third kappa shape index (κ3) is 1.96. The molecule has 14 heavy (non-hydrogen) atoms. The first-order chi connectivity index (χ1) is 6.81. The lowest BCUT2D eigenvalue weighted by atomic mass is 10.2. The summed E-state index contributed by atoms with van der Waals surface area (Å²) in [5.74, 6) is 2.19. The molecule has 0 N–H and O–H groups in total. The molecule has 1 atom stereocenters. The van der Waals surface area contributed by atoms with E-state index in [2.05, 4.69) is 9.88 Å². The molecule has 1 fully saturated rings. The highest BCUT2D eigenvalue weighted by atomic mass is 35.5. The molecule has 1 aliphatic rings.